The quantitative estimate of drug-likeness (QED) is 0.337. The minimum Gasteiger partial charge on any atom is -0.387 e. The van der Waals surface area contributed by atoms with E-state index in [0.717, 1.165) is 0 Å². The van der Waals surface area contributed by atoms with E-state index in [9.17, 15) is 18.6 Å². The molecule has 1 aliphatic rings. The topological polar surface area (TPSA) is 190 Å². The second kappa shape index (κ2) is 8.57. The molecule has 0 bridgehead atoms. The Labute approximate surface area is 189 Å². The Morgan fingerprint density at radius 3 is 2.61 bits per heavy atom. The van der Waals surface area contributed by atoms with E-state index in [1.807, 2.05) is 20.8 Å². The third kappa shape index (κ3) is 4.54. The van der Waals surface area contributed by atoms with Crippen molar-refractivity contribution in [3.8, 4) is 0 Å². The van der Waals surface area contributed by atoms with Crippen molar-refractivity contribution in [2.75, 3.05) is 24.7 Å². The van der Waals surface area contributed by atoms with E-state index in [0.29, 0.717) is 22.8 Å². The highest BCUT2D eigenvalue weighted by molar-refractivity contribution is 7.89. The molecule has 0 unspecified atom stereocenters. The maximum absolute atomic E-state index is 11.6. The number of nitrogens with one attached hydrogen (secondary N) is 2. The molecule has 3 aromatic heterocycles. The van der Waals surface area contributed by atoms with Gasteiger partial charge in [-0.15, -0.1) is 0 Å². The fraction of sp³-hybridized carbons (Fsp3) is 0.611. The number of fused-ring (bicyclic) bond motifs is 1. The summed E-state index contributed by atoms with van der Waals surface area (Å²) in [7, 11) is -2.05. The molecule has 33 heavy (non-hydrogen) atoms. The van der Waals surface area contributed by atoms with E-state index in [1.54, 1.807) is 0 Å². The Morgan fingerprint density at radius 2 is 1.94 bits per heavy atom. The van der Waals surface area contributed by atoms with Gasteiger partial charge in [-0.05, 0) is 7.05 Å². The van der Waals surface area contributed by atoms with Crippen LogP contribution in [0, 0.1) is 0 Å². The molecule has 1 fully saturated rings. The zero-order valence-electron chi connectivity index (χ0n) is 18.5. The summed E-state index contributed by atoms with van der Waals surface area (Å²) in [6.07, 6.45) is -2.06. The molecule has 4 atom stereocenters. The van der Waals surface area contributed by atoms with Crippen LogP contribution in [0.4, 0.5) is 5.82 Å². The van der Waals surface area contributed by atoms with Crippen LogP contribution in [-0.4, -0.2) is 79.8 Å². The molecule has 14 nitrogen and oxygen atoms in total. The van der Waals surface area contributed by atoms with Gasteiger partial charge in [0.15, 0.2) is 35.1 Å². The summed E-state index contributed by atoms with van der Waals surface area (Å²) in [6, 6.07) is 0. The molecule has 3 aromatic rings. The van der Waals surface area contributed by atoms with Crippen LogP contribution >= 0.6 is 0 Å². The molecule has 1 aliphatic heterocycles. The average Bonchev–Trinajstić information content (AvgIpc) is 3.47. The molecule has 4 rings (SSSR count). The molecule has 0 aromatic carbocycles. The third-order valence-electron chi connectivity index (χ3n) is 5.20. The lowest BCUT2D eigenvalue weighted by molar-refractivity contribution is -0.0451. The minimum absolute atomic E-state index is 0.0566. The number of anilines is 1. The third-order valence-corrected chi connectivity index (χ3v) is 6.57. The van der Waals surface area contributed by atoms with Gasteiger partial charge in [-0.1, -0.05) is 25.9 Å². The second-order valence-electron chi connectivity index (χ2n) is 8.63. The number of hydrogen-bond donors (Lipinski definition) is 4. The molecule has 180 valence electrons. The number of sulfonamides is 1. The van der Waals surface area contributed by atoms with Crippen molar-refractivity contribution in [1.29, 1.82) is 0 Å². The van der Waals surface area contributed by atoms with Gasteiger partial charge in [-0.3, -0.25) is 4.57 Å². The molecular formula is C18H26N8O6S. The van der Waals surface area contributed by atoms with Crippen molar-refractivity contribution in [3.05, 3.63) is 24.4 Å². The number of rotatable bonds is 7. The summed E-state index contributed by atoms with van der Waals surface area (Å²) in [5.74, 6) is 0.667. The number of aliphatic hydroxyl groups excluding tert-OH is 2. The number of hydrogen-bond acceptors (Lipinski definition) is 12. The van der Waals surface area contributed by atoms with Crippen LogP contribution in [0.2, 0.25) is 0 Å². The number of ether oxygens (including phenoxy) is 1. The van der Waals surface area contributed by atoms with E-state index in [4.69, 9.17) is 9.26 Å². The van der Waals surface area contributed by atoms with Gasteiger partial charge in [0.05, 0.1) is 12.1 Å². The van der Waals surface area contributed by atoms with Crippen LogP contribution in [0.15, 0.2) is 17.2 Å². The van der Waals surface area contributed by atoms with Crippen LogP contribution in [0.3, 0.4) is 0 Å². The van der Waals surface area contributed by atoms with Gasteiger partial charge in [-0.25, -0.2) is 28.1 Å². The van der Waals surface area contributed by atoms with Gasteiger partial charge in [0.2, 0.25) is 10.0 Å². The monoisotopic (exact) mass is 482 g/mol. The van der Waals surface area contributed by atoms with Crippen LogP contribution in [-0.2, 0) is 20.2 Å². The molecule has 0 amide bonds. The van der Waals surface area contributed by atoms with E-state index in [1.165, 1.54) is 24.3 Å². The first-order valence-corrected chi connectivity index (χ1v) is 11.9. The summed E-state index contributed by atoms with van der Waals surface area (Å²) in [5.41, 5.74) is 0.305. The van der Waals surface area contributed by atoms with Crippen LogP contribution < -0.4 is 10.0 Å². The molecule has 4 N–H and O–H groups in total. The summed E-state index contributed by atoms with van der Waals surface area (Å²) in [6.45, 7) is 5.85. The largest absolute Gasteiger partial charge is 0.387 e. The fourth-order valence-electron chi connectivity index (χ4n) is 3.32. The highest BCUT2D eigenvalue weighted by Crippen LogP contribution is 2.39. The normalized spacial score (nSPS) is 23.9. The highest BCUT2D eigenvalue weighted by Gasteiger charge is 2.48. The number of imidazole rings is 1. The SMILES string of the molecule is CNS(=O)(=O)CCNc1ncnc2c1ncn2[C@@H]1O[C@H](c2nc(C(C)(C)C)no2)[C@@H](O)[C@H]1O. The van der Waals surface area contributed by atoms with Gasteiger partial charge < -0.3 is 24.8 Å². The van der Waals surface area contributed by atoms with Crippen molar-refractivity contribution in [1.82, 2.24) is 34.4 Å². The number of aromatic nitrogens is 6. The van der Waals surface area contributed by atoms with Crippen molar-refractivity contribution in [2.45, 2.75) is 50.7 Å². The van der Waals surface area contributed by atoms with Crippen molar-refractivity contribution >= 4 is 27.0 Å². The Kier molecular flexibility index (Phi) is 6.09. The lowest BCUT2D eigenvalue weighted by atomic mass is 9.96. The van der Waals surface area contributed by atoms with Crippen LogP contribution in [0.5, 0.6) is 0 Å². The van der Waals surface area contributed by atoms with Crippen LogP contribution in [0.25, 0.3) is 11.2 Å². The van der Waals surface area contributed by atoms with E-state index in [-0.39, 0.29) is 23.6 Å². The molecule has 0 aliphatic carbocycles. The van der Waals surface area contributed by atoms with Gasteiger partial charge in [0.25, 0.3) is 5.89 Å². The second-order valence-corrected chi connectivity index (χ2v) is 10.7. The lowest BCUT2D eigenvalue weighted by Crippen LogP contribution is -2.29. The van der Waals surface area contributed by atoms with Crippen molar-refractivity contribution in [3.63, 3.8) is 0 Å². The molecule has 15 heteroatoms. The lowest BCUT2D eigenvalue weighted by Gasteiger charge is -2.16. The number of aliphatic hydroxyl groups is 2. The first-order chi connectivity index (χ1) is 15.5. The van der Waals surface area contributed by atoms with E-state index in [2.05, 4.69) is 35.1 Å². The molecule has 0 radical (unpaired) electrons. The Balaban J connectivity index is 1.57. The van der Waals surface area contributed by atoms with Crippen molar-refractivity contribution < 1.29 is 27.9 Å². The highest BCUT2D eigenvalue weighted by atomic mass is 32.2. The number of nitrogens with zero attached hydrogens (tertiary/aromatic N) is 6. The van der Waals surface area contributed by atoms with Crippen molar-refractivity contribution in [2.24, 2.45) is 0 Å². The van der Waals surface area contributed by atoms with Gasteiger partial charge in [-0.2, -0.15) is 4.98 Å². The average molecular weight is 483 g/mol. The first-order valence-electron chi connectivity index (χ1n) is 10.2. The smallest absolute Gasteiger partial charge is 0.258 e. The van der Waals surface area contributed by atoms with Crippen LogP contribution in [0.1, 0.15) is 44.8 Å². The predicted octanol–water partition coefficient (Wildman–Crippen LogP) is -0.540. The fourth-order valence-corrected chi connectivity index (χ4v) is 3.90. The predicted molar refractivity (Wildman–Crippen MR) is 115 cm³/mol. The maximum atomic E-state index is 11.6. The van der Waals surface area contributed by atoms with Gasteiger partial charge >= 0.3 is 0 Å². The van der Waals surface area contributed by atoms with Gasteiger partial charge in [0, 0.05) is 12.0 Å². The van der Waals surface area contributed by atoms with E-state index >= 15 is 0 Å². The summed E-state index contributed by atoms with van der Waals surface area (Å²) in [4.78, 5) is 16.9. The molecular weight excluding hydrogens is 456 g/mol. The maximum Gasteiger partial charge on any atom is 0.258 e. The minimum atomic E-state index is -3.39. The standard InChI is InChI=1S/C18H26N8O6S/c1-18(2,3)17-24-15(32-25-17)12-10(27)11(28)16(31-12)26-8-23-9-13(21-7-22-14(9)26)20-5-6-33(29,30)19-4/h7-8,10-12,16,19,27-28H,5-6H2,1-4H3,(H,20,21,22)/t10-,11+,12-,16+/m0/s1. The summed E-state index contributed by atoms with van der Waals surface area (Å²) in [5, 5.41) is 28.1. The molecule has 1 saturated heterocycles. The molecule has 4 heterocycles. The Hall–Kier alpha value is -2.72. The molecule has 0 saturated carbocycles. The zero-order valence-corrected chi connectivity index (χ0v) is 19.3. The first kappa shape index (κ1) is 23.4. The Morgan fingerprint density at radius 1 is 1.18 bits per heavy atom. The summed E-state index contributed by atoms with van der Waals surface area (Å²) >= 11 is 0. The van der Waals surface area contributed by atoms with Gasteiger partial charge in [0.1, 0.15) is 18.5 Å². The summed E-state index contributed by atoms with van der Waals surface area (Å²) < 4.78 is 38.1. The Bertz CT molecular complexity index is 1240. The van der Waals surface area contributed by atoms with E-state index < -0.39 is 34.6 Å². The molecule has 0 spiro atoms. The zero-order chi connectivity index (χ0) is 24.0.